The highest BCUT2D eigenvalue weighted by Gasteiger charge is 2.47. The van der Waals surface area contributed by atoms with Gasteiger partial charge in [-0.25, -0.2) is 4.79 Å². The van der Waals surface area contributed by atoms with Gasteiger partial charge in [0.15, 0.2) is 4.87 Å². The van der Waals surface area contributed by atoms with Crippen molar-refractivity contribution in [2.75, 3.05) is 13.2 Å². The van der Waals surface area contributed by atoms with Crippen LogP contribution in [-0.2, 0) is 23.9 Å². The standard InChI is InChI=1S/C15H18Cl2O4/c1-3-20-13(18)10-12(16)15(17,14(19)21-4-2)11-8-6-5-7-9-11/h5-9,12H,3-4,10H2,1-2H3. The summed E-state index contributed by atoms with van der Waals surface area (Å²) in [4.78, 5) is 22.2. The Morgan fingerprint density at radius 2 is 1.71 bits per heavy atom. The van der Waals surface area contributed by atoms with Gasteiger partial charge in [0, 0.05) is 0 Å². The first-order chi connectivity index (χ1) is 9.96. The van der Waals surface area contributed by atoms with Gasteiger partial charge < -0.3 is 9.47 Å². The number of esters is 2. The van der Waals surface area contributed by atoms with Gasteiger partial charge in [-0.1, -0.05) is 41.9 Å². The van der Waals surface area contributed by atoms with E-state index in [9.17, 15) is 9.59 Å². The number of rotatable bonds is 7. The summed E-state index contributed by atoms with van der Waals surface area (Å²) in [6.45, 7) is 3.78. The zero-order valence-electron chi connectivity index (χ0n) is 12.0. The van der Waals surface area contributed by atoms with Gasteiger partial charge in [-0.2, -0.15) is 0 Å². The Kier molecular flexibility index (Phi) is 6.99. The number of halogens is 2. The van der Waals surface area contributed by atoms with E-state index in [0.29, 0.717) is 5.56 Å². The Bertz CT molecular complexity index is 478. The fraction of sp³-hybridized carbons (Fsp3) is 0.467. The summed E-state index contributed by atoms with van der Waals surface area (Å²) >= 11 is 12.7. The molecule has 21 heavy (non-hydrogen) atoms. The molecule has 0 aliphatic carbocycles. The first kappa shape index (κ1) is 17.8. The number of carbonyl (C=O) groups excluding carboxylic acids is 2. The topological polar surface area (TPSA) is 52.6 Å². The molecule has 2 atom stereocenters. The van der Waals surface area contributed by atoms with Crippen LogP contribution in [0.25, 0.3) is 0 Å². The lowest BCUT2D eigenvalue weighted by Crippen LogP contribution is -2.41. The molecule has 0 N–H and O–H groups in total. The smallest absolute Gasteiger partial charge is 0.333 e. The number of alkyl halides is 2. The van der Waals surface area contributed by atoms with Gasteiger partial charge in [-0.05, 0) is 19.4 Å². The normalized spacial score (nSPS) is 14.9. The molecule has 0 saturated carbocycles. The van der Waals surface area contributed by atoms with Crippen LogP contribution in [0.4, 0.5) is 0 Å². The van der Waals surface area contributed by atoms with E-state index in [1.165, 1.54) is 0 Å². The van der Waals surface area contributed by atoms with Crippen LogP contribution in [0.3, 0.4) is 0 Å². The van der Waals surface area contributed by atoms with Gasteiger partial charge in [0.2, 0.25) is 0 Å². The SMILES string of the molecule is CCOC(=O)CC(Cl)C(Cl)(C(=O)OCC)c1ccccc1. The zero-order valence-corrected chi connectivity index (χ0v) is 13.5. The molecule has 0 bridgehead atoms. The quantitative estimate of drug-likeness (QED) is 0.568. The molecule has 0 saturated heterocycles. The molecule has 0 spiro atoms. The van der Waals surface area contributed by atoms with Crippen LogP contribution < -0.4 is 0 Å². The molecular weight excluding hydrogens is 315 g/mol. The highest BCUT2D eigenvalue weighted by molar-refractivity contribution is 6.40. The van der Waals surface area contributed by atoms with Crippen molar-refractivity contribution in [2.45, 2.75) is 30.5 Å². The van der Waals surface area contributed by atoms with Crippen LogP contribution in [0.2, 0.25) is 0 Å². The Hall–Kier alpha value is -1.26. The molecule has 1 aromatic carbocycles. The lowest BCUT2D eigenvalue weighted by Gasteiger charge is -2.29. The maximum Gasteiger partial charge on any atom is 0.333 e. The molecule has 0 fully saturated rings. The summed E-state index contributed by atoms with van der Waals surface area (Å²) in [7, 11) is 0. The minimum absolute atomic E-state index is 0.170. The Balaban J connectivity index is 3.07. The van der Waals surface area contributed by atoms with E-state index in [4.69, 9.17) is 32.7 Å². The molecular formula is C15H18Cl2O4. The second-order valence-electron chi connectivity index (χ2n) is 4.27. The van der Waals surface area contributed by atoms with Crippen molar-refractivity contribution in [3.8, 4) is 0 Å². The average molecular weight is 333 g/mol. The van der Waals surface area contributed by atoms with E-state index in [2.05, 4.69) is 0 Å². The number of hydrogen-bond donors (Lipinski definition) is 0. The third-order valence-electron chi connectivity index (χ3n) is 2.85. The summed E-state index contributed by atoms with van der Waals surface area (Å²) in [5, 5.41) is -0.986. The summed E-state index contributed by atoms with van der Waals surface area (Å²) in [5.74, 6) is -1.19. The molecule has 2 unspecified atom stereocenters. The van der Waals surface area contributed by atoms with Gasteiger partial charge in [0.05, 0.1) is 25.0 Å². The van der Waals surface area contributed by atoms with Crippen molar-refractivity contribution >= 4 is 35.1 Å². The zero-order chi connectivity index (χ0) is 15.9. The summed E-state index contributed by atoms with van der Waals surface area (Å²) < 4.78 is 9.87. The summed E-state index contributed by atoms with van der Waals surface area (Å²) in [6.07, 6.45) is -0.188. The lowest BCUT2D eigenvalue weighted by atomic mass is 9.92. The van der Waals surface area contributed by atoms with E-state index in [1.54, 1.807) is 44.2 Å². The van der Waals surface area contributed by atoms with Gasteiger partial charge >= 0.3 is 11.9 Å². The first-order valence-corrected chi connectivity index (χ1v) is 7.49. The van der Waals surface area contributed by atoms with Crippen LogP contribution in [0.15, 0.2) is 30.3 Å². The fourth-order valence-electron chi connectivity index (χ4n) is 1.85. The largest absolute Gasteiger partial charge is 0.466 e. The average Bonchev–Trinajstić information content (AvgIpc) is 2.47. The minimum Gasteiger partial charge on any atom is -0.466 e. The van der Waals surface area contributed by atoms with Crippen molar-refractivity contribution < 1.29 is 19.1 Å². The molecule has 0 aliphatic rings. The van der Waals surface area contributed by atoms with Crippen LogP contribution in [0, 0.1) is 0 Å². The van der Waals surface area contributed by atoms with Gasteiger partial charge in [0.25, 0.3) is 0 Å². The van der Waals surface area contributed by atoms with E-state index in [-0.39, 0.29) is 19.6 Å². The summed E-state index contributed by atoms with van der Waals surface area (Å²) in [5.41, 5.74) is 0.481. The molecule has 116 valence electrons. The predicted octanol–water partition coefficient (Wildman–Crippen LogP) is 3.24. The minimum atomic E-state index is -1.63. The molecule has 0 aliphatic heterocycles. The van der Waals surface area contributed by atoms with Crippen LogP contribution in [0.1, 0.15) is 25.8 Å². The number of benzene rings is 1. The van der Waals surface area contributed by atoms with Crippen molar-refractivity contribution in [2.24, 2.45) is 0 Å². The number of ether oxygens (including phenoxy) is 2. The maximum absolute atomic E-state index is 12.3. The lowest BCUT2D eigenvalue weighted by molar-refractivity contribution is -0.147. The van der Waals surface area contributed by atoms with Crippen molar-refractivity contribution in [1.82, 2.24) is 0 Å². The Labute approximate surface area is 134 Å². The summed E-state index contributed by atoms with van der Waals surface area (Å²) in [6, 6.07) is 8.61. The third-order valence-corrected chi connectivity index (χ3v) is 4.08. The van der Waals surface area contributed by atoms with E-state index in [0.717, 1.165) is 0 Å². The highest BCUT2D eigenvalue weighted by Crippen LogP contribution is 2.39. The van der Waals surface area contributed by atoms with Crippen LogP contribution >= 0.6 is 23.2 Å². The molecule has 4 nitrogen and oxygen atoms in total. The monoisotopic (exact) mass is 332 g/mol. The van der Waals surface area contributed by atoms with Gasteiger partial charge in [-0.3, -0.25) is 4.79 Å². The molecule has 1 aromatic rings. The second kappa shape index (κ2) is 8.25. The Morgan fingerprint density at radius 1 is 1.14 bits per heavy atom. The van der Waals surface area contributed by atoms with E-state index in [1.807, 2.05) is 0 Å². The fourth-order valence-corrected chi connectivity index (χ4v) is 2.45. The first-order valence-electron chi connectivity index (χ1n) is 6.68. The maximum atomic E-state index is 12.3. The van der Waals surface area contributed by atoms with E-state index < -0.39 is 22.2 Å². The van der Waals surface area contributed by atoms with E-state index >= 15 is 0 Å². The Morgan fingerprint density at radius 3 is 2.24 bits per heavy atom. The molecule has 0 amide bonds. The molecule has 0 aromatic heterocycles. The second-order valence-corrected chi connectivity index (χ2v) is 5.40. The molecule has 1 rings (SSSR count). The molecule has 0 heterocycles. The van der Waals surface area contributed by atoms with Crippen molar-refractivity contribution in [1.29, 1.82) is 0 Å². The van der Waals surface area contributed by atoms with Gasteiger partial charge in [-0.15, -0.1) is 11.6 Å². The predicted molar refractivity (Wildman–Crippen MR) is 81.5 cm³/mol. The van der Waals surface area contributed by atoms with Crippen LogP contribution in [-0.4, -0.2) is 30.5 Å². The number of hydrogen-bond acceptors (Lipinski definition) is 4. The number of carbonyl (C=O) groups is 2. The van der Waals surface area contributed by atoms with Crippen molar-refractivity contribution in [3.05, 3.63) is 35.9 Å². The highest BCUT2D eigenvalue weighted by atomic mass is 35.5. The van der Waals surface area contributed by atoms with Crippen LogP contribution in [0.5, 0.6) is 0 Å². The van der Waals surface area contributed by atoms with Gasteiger partial charge in [0.1, 0.15) is 0 Å². The van der Waals surface area contributed by atoms with Crippen molar-refractivity contribution in [3.63, 3.8) is 0 Å². The molecule has 0 radical (unpaired) electrons. The third kappa shape index (κ3) is 4.35. The molecule has 6 heteroatoms.